The molecule has 0 saturated heterocycles. The summed E-state index contributed by atoms with van der Waals surface area (Å²) in [4.78, 5) is 21.2. The highest BCUT2D eigenvalue weighted by Gasteiger charge is 2.17. The van der Waals surface area contributed by atoms with Crippen LogP contribution in [0.3, 0.4) is 0 Å². The van der Waals surface area contributed by atoms with E-state index >= 15 is 0 Å². The third kappa shape index (κ3) is 5.39. The predicted molar refractivity (Wildman–Crippen MR) is 77.4 cm³/mol. The molecule has 1 aromatic carbocycles. The minimum atomic E-state index is -1.09. The molecule has 1 aromatic rings. The number of nitro groups is 1. The van der Waals surface area contributed by atoms with Crippen LogP contribution in [0.1, 0.15) is 26.3 Å². The van der Waals surface area contributed by atoms with Gasteiger partial charge in [0.2, 0.25) is 0 Å². The molecule has 7 nitrogen and oxygen atoms in total. The zero-order valence-corrected chi connectivity index (χ0v) is 12.3. The van der Waals surface area contributed by atoms with E-state index in [4.69, 9.17) is 9.84 Å². The van der Waals surface area contributed by atoms with Gasteiger partial charge < -0.3 is 15.2 Å². The topological polar surface area (TPSA) is 102 Å². The second kappa shape index (κ2) is 7.58. The average molecular weight is 296 g/mol. The highest BCUT2D eigenvalue weighted by molar-refractivity contribution is 5.72. The van der Waals surface area contributed by atoms with Crippen LogP contribution in [0.15, 0.2) is 18.2 Å². The summed E-state index contributed by atoms with van der Waals surface area (Å²) in [5, 5.41) is 22.9. The molecule has 1 rings (SSSR count). The number of benzene rings is 1. The Bertz CT molecular complexity index is 516. The van der Waals surface area contributed by atoms with Crippen molar-refractivity contribution in [1.82, 2.24) is 5.32 Å². The largest absolute Gasteiger partial charge is 0.479 e. The van der Waals surface area contributed by atoms with Gasteiger partial charge in [-0.05, 0) is 25.5 Å². The second-order valence-electron chi connectivity index (χ2n) is 5.17. The number of aliphatic carboxylic acids is 1. The Morgan fingerprint density at radius 1 is 1.43 bits per heavy atom. The van der Waals surface area contributed by atoms with E-state index in [1.807, 2.05) is 13.8 Å². The molecule has 0 radical (unpaired) electrons. The van der Waals surface area contributed by atoms with Crippen molar-refractivity contribution in [3.63, 3.8) is 0 Å². The highest BCUT2D eigenvalue weighted by Crippen LogP contribution is 2.25. The maximum atomic E-state index is 10.8. The van der Waals surface area contributed by atoms with E-state index < -0.39 is 17.0 Å². The molecule has 7 heteroatoms. The van der Waals surface area contributed by atoms with E-state index in [-0.39, 0.29) is 5.69 Å². The number of carboxylic acids is 1. The molecule has 0 heterocycles. The van der Waals surface area contributed by atoms with Gasteiger partial charge in [0.25, 0.3) is 5.69 Å². The Morgan fingerprint density at radius 2 is 2.10 bits per heavy atom. The second-order valence-corrected chi connectivity index (χ2v) is 5.17. The molecule has 116 valence electrons. The van der Waals surface area contributed by atoms with Crippen molar-refractivity contribution in [2.75, 3.05) is 6.54 Å². The zero-order chi connectivity index (χ0) is 16.0. The number of carboxylic acid groups (broad SMARTS) is 1. The minimum Gasteiger partial charge on any atom is -0.479 e. The fourth-order valence-electron chi connectivity index (χ4n) is 1.67. The molecule has 1 atom stereocenters. The Balaban J connectivity index is 2.93. The number of nitrogens with one attached hydrogen (secondary N) is 1. The minimum absolute atomic E-state index is 0.0494. The molecular formula is C14H20N2O5. The molecule has 0 fully saturated rings. The van der Waals surface area contributed by atoms with Crippen LogP contribution in [0.2, 0.25) is 0 Å². The highest BCUT2D eigenvalue weighted by atomic mass is 16.6. The third-order valence-electron chi connectivity index (χ3n) is 2.77. The molecule has 0 spiro atoms. The van der Waals surface area contributed by atoms with E-state index in [2.05, 4.69) is 5.32 Å². The number of hydrogen-bond donors (Lipinski definition) is 2. The molecule has 0 aliphatic carbocycles. The molecule has 0 aliphatic rings. The lowest BCUT2D eigenvalue weighted by molar-refractivity contribution is -0.384. The Hall–Kier alpha value is -2.15. The lowest BCUT2D eigenvalue weighted by Gasteiger charge is -2.15. The maximum Gasteiger partial charge on any atom is 0.344 e. The fraction of sp³-hybridized carbons (Fsp3) is 0.500. The summed E-state index contributed by atoms with van der Waals surface area (Å²) in [6, 6.07) is 4.14. The first-order valence-electron chi connectivity index (χ1n) is 6.68. The van der Waals surface area contributed by atoms with Gasteiger partial charge >= 0.3 is 5.97 Å². The first-order chi connectivity index (χ1) is 9.81. The molecule has 0 bridgehead atoms. The van der Waals surface area contributed by atoms with Crippen molar-refractivity contribution in [3.05, 3.63) is 33.9 Å². The van der Waals surface area contributed by atoms with Gasteiger partial charge in [-0.1, -0.05) is 13.8 Å². The molecule has 2 N–H and O–H groups in total. The van der Waals surface area contributed by atoms with Crippen molar-refractivity contribution in [3.8, 4) is 5.75 Å². The molecular weight excluding hydrogens is 276 g/mol. The lowest BCUT2D eigenvalue weighted by Crippen LogP contribution is -2.24. The molecule has 0 aromatic heterocycles. The van der Waals surface area contributed by atoms with Crippen molar-refractivity contribution < 1.29 is 19.6 Å². The van der Waals surface area contributed by atoms with Crippen LogP contribution in [0.5, 0.6) is 5.75 Å². The van der Waals surface area contributed by atoms with Crippen LogP contribution in [-0.2, 0) is 11.3 Å². The van der Waals surface area contributed by atoms with Crippen LogP contribution in [0.25, 0.3) is 0 Å². The smallest absolute Gasteiger partial charge is 0.344 e. The van der Waals surface area contributed by atoms with Gasteiger partial charge in [0.1, 0.15) is 5.75 Å². The zero-order valence-electron chi connectivity index (χ0n) is 12.3. The summed E-state index contributed by atoms with van der Waals surface area (Å²) in [5.74, 6) is -0.313. The number of ether oxygens (including phenoxy) is 1. The van der Waals surface area contributed by atoms with Crippen LogP contribution >= 0.6 is 0 Å². The van der Waals surface area contributed by atoms with Gasteiger partial charge in [-0.2, -0.15) is 0 Å². The monoisotopic (exact) mass is 296 g/mol. The van der Waals surface area contributed by atoms with E-state index in [1.54, 1.807) is 0 Å². The van der Waals surface area contributed by atoms with Gasteiger partial charge in [-0.25, -0.2) is 4.79 Å². The van der Waals surface area contributed by atoms with Crippen LogP contribution in [0, 0.1) is 16.0 Å². The molecule has 21 heavy (non-hydrogen) atoms. The summed E-state index contributed by atoms with van der Waals surface area (Å²) in [6.45, 7) is 6.63. The van der Waals surface area contributed by atoms with Gasteiger partial charge in [0.15, 0.2) is 6.10 Å². The van der Waals surface area contributed by atoms with Crippen molar-refractivity contribution in [2.45, 2.75) is 33.4 Å². The van der Waals surface area contributed by atoms with Gasteiger partial charge in [0, 0.05) is 24.2 Å². The quantitative estimate of drug-likeness (QED) is 0.563. The van der Waals surface area contributed by atoms with E-state index in [9.17, 15) is 14.9 Å². The average Bonchev–Trinajstić information content (AvgIpc) is 2.39. The Morgan fingerprint density at radius 3 is 2.62 bits per heavy atom. The number of hydrogen-bond acceptors (Lipinski definition) is 5. The number of rotatable bonds is 8. The Labute approximate surface area is 123 Å². The number of nitrogens with zero attached hydrogens (tertiary/aromatic N) is 1. The maximum absolute atomic E-state index is 10.8. The Kier molecular flexibility index (Phi) is 6.10. The number of carbonyl (C=O) groups is 1. The van der Waals surface area contributed by atoms with Gasteiger partial charge in [-0.15, -0.1) is 0 Å². The van der Waals surface area contributed by atoms with Crippen molar-refractivity contribution in [1.29, 1.82) is 0 Å². The van der Waals surface area contributed by atoms with Crippen molar-refractivity contribution >= 4 is 11.7 Å². The van der Waals surface area contributed by atoms with E-state index in [1.165, 1.54) is 25.1 Å². The molecule has 0 amide bonds. The van der Waals surface area contributed by atoms with Gasteiger partial charge in [-0.3, -0.25) is 10.1 Å². The summed E-state index contributed by atoms with van der Waals surface area (Å²) in [6.07, 6.45) is -1.02. The van der Waals surface area contributed by atoms with Gasteiger partial charge in [0.05, 0.1) is 4.92 Å². The molecule has 0 aliphatic heterocycles. The fourth-order valence-corrected chi connectivity index (χ4v) is 1.67. The normalized spacial score (nSPS) is 12.2. The summed E-state index contributed by atoms with van der Waals surface area (Å²) in [7, 11) is 0. The number of non-ortho nitro benzene ring substituents is 1. The number of nitro benzene ring substituents is 1. The van der Waals surface area contributed by atoms with Crippen LogP contribution in [0.4, 0.5) is 5.69 Å². The summed E-state index contributed by atoms with van der Waals surface area (Å²) in [5.41, 5.74) is 0.518. The van der Waals surface area contributed by atoms with Crippen LogP contribution < -0.4 is 10.1 Å². The first-order valence-corrected chi connectivity index (χ1v) is 6.68. The van der Waals surface area contributed by atoms with Crippen molar-refractivity contribution in [2.24, 2.45) is 5.92 Å². The molecule has 1 unspecified atom stereocenters. The predicted octanol–water partition coefficient (Wildman–Crippen LogP) is 2.19. The summed E-state index contributed by atoms with van der Waals surface area (Å²) >= 11 is 0. The summed E-state index contributed by atoms with van der Waals surface area (Å²) < 4.78 is 5.34. The lowest BCUT2D eigenvalue weighted by atomic mass is 10.1. The SMILES string of the molecule is CC(C)CNCc1cc([N+](=O)[O-])ccc1OC(C)C(=O)O. The third-order valence-corrected chi connectivity index (χ3v) is 2.77. The van der Waals surface area contributed by atoms with E-state index in [0.717, 1.165) is 6.54 Å². The standard InChI is InChI=1S/C14H20N2O5/c1-9(2)7-15-8-11-6-12(16(19)20)4-5-13(11)21-10(3)14(17)18/h4-6,9-10,15H,7-8H2,1-3H3,(H,17,18). The van der Waals surface area contributed by atoms with E-state index in [0.29, 0.717) is 23.8 Å². The van der Waals surface area contributed by atoms with Crippen LogP contribution in [-0.4, -0.2) is 28.6 Å². The first kappa shape index (κ1) is 16.9. The molecule has 0 saturated carbocycles.